The van der Waals surface area contributed by atoms with E-state index in [-0.39, 0.29) is 55.8 Å². The number of benzene rings is 4. The Hall–Kier alpha value is -8.04. The van der Waals surface area contributed by atoms with E-state index >= 15 is 0 Å². The summed E-state index contributed by atoms with van der Waals surface area (Å²) in [5, 5.41) is 12.5. The van der Waals surface area contributed by atoms with Crippen molar-refractivity contribution in [1.82, 2.24) is 15.3 Å². The number of carboxylic acid groups (broad SMARTS) is 1. The van der Waals surface area contributed by atoms with Gasteiger partial charge in [-0.25, -0.2) is 4.79 Å². The SMILES string of the molecule is C.CC(C)CC(C(=O)O)N1C(=O)CCc2ccccc21.COC(=O)C[C@H](N)c1cncc(-c2c(C)cccc2C)c1.COC(=O)C[C@H](NC(=O)C(CC(C)C)N1C(=O)CCc2ccccc21)c1cncc(-c2c(C)cccc2C)c1. The van der Waals surface area contributed by atoms with Crippen LogP contribution in [0.15, 0.2) is 122 Å². The second-order valence-electron chi connectivity index (χ2n) is 21.2. The Morgan fingerprint density at radius 3 is 1.45 bits per heavy atom. The number of carbonyl (C=O) groups excluding carboxylic acids is 5. The molecule has 2 aliphatic rings. The van der Waals surface area contributed by atoms with Crippen LogP contribution in [0.25, 0.3) is 22.3 Å². The molecule has 2 aliphatic heterocycles. The Morgan fingerprint density at radius 1 is 0.588 bits per heavy atom. The molecule has 0 fully saturated rings. The molecule has 4 atom stereocenters. The van der Waals surface area contributed by atoms with E-state index in [1.807, 2.05) is 133 Å². The Labute approximate surface area is 472 Å². The third-order valence-electron chi connectivity index (χ3n) is 14.3. The Morgan fingerprint density at radius 2 is 1.00 bits per heavy atom. The maximum atomic E-state index is 14.0. The first-order chi connectivity index (χ1) is 37.7. The summed E-state index contributed by atoms with van der Waals surface area (Å²) in [5.74, 6) is -1.78. The molecule has 3 amide bonds. The Balaban J connectivity index is 0.000000242. The van der Waals surface area contributed by atoms with Crippen LogP contribution in [0, 0.1) is 39.5 Å². The smallest absolute Gasteiger partial charge is 0.326 e. The number of hydrogen-bond acceptors (Lipinski definition) is 11. The first-order valence-electron chi connectivity index (χ1n) is 27.0. The zero-order valence-electron chi connectivity index (χ0n) is 47.2. The van der Waals surface area contributed by atoms with Crippen molar-refractivity contribution in [3.05, 3.63) is 166 Å². The van der Waals surface area contributed by atoms with Gasteiger partial charge < -0.3 is 25.6 Å². The monoisotopic (exact) mass is 1090 g/mol. The van der Waals surface area contributed by atoms with Crippen LogP contribution in [-0.2, 0) is 51.1 Å². The number of fused-ring (bicyclic) bond motifs is 2. The number of anilines is 2. The lowest BCUT2D eigenvalue weighted by Gasteiger charge is -2.37. The first kappa shape index (κ1) is 62.8. The largest absolute Gasteiger partial charge is 0.480 e. The number of aryl methyl sites for hydroxylation is 6. The highest BCUT2D eigenvalue weighted by Crippen LogP contribution is 2.35. The highest BCUT2D eigenvalue weighted by molar-refractivity contribution is 6.03. The van der Waals surface area contributed by atoms with Crippen molar-refractivity contribution in [3.8, 4) is 22.3 Å². The van der Waals surface area contributed by atoms with E-state index in [1.54, 1.807) is 23.5 Å². The number of hydrogen-bond donors (Lipinski definition) is 3. The molecule has 424 valence electrons. The number of carboxylic acids is 1. The van der Waals surface area contributed by atoms with Crippen LogP contribution in [0.3, 0.4) is 0 Å². The molecule has 6 aromatic rings. The fourth-order valence-electron chi connectivity index (χ4n) is 10.4. The average Bonchev–Trinajstić information content (AvgIpc) is 3.42. The van der Waals surface area contributed by atoms with Crippen molar-refractivity contribution in [3.63, 3.8) is 0 Å². The summed E-state index contributed by atoms with van der Waals surface area (Å²) in [4.78, 5) is 86.4. The van der Waals surface area contributed by atoms with Crippen LogP contribution >= 0.6 is 0 Å². The molecule has 0 saturated carbocycles. The molecule has 8 rings (SSSR count). The number of para-hydroxylation sites is 2. The molecule has 4 aromatic carbocycles. The lowest BCUT2D eigenvalue weighted by molar-refractivity contribution is -0.142. The van der Waals surface area contributed by atoms with Gasteiger partial charge in [-0.2, -0.15) is 0 Å². The molecule has 2 unspecified atom stereocenters. The molecular weight excluding hydrogens is 1010 g/mol. The highest BCUT2D eigenvalue weighted by atomic mass is 16.5. The molecule has 4 heterocycles. The number of rotatable bonds is 17. The maximum Gasteiger partial charge on any atom is 0.326 e. The first-order valence-corrected chi connectivity index (χ1v) is 27.0. The van der Waals surface area contributed by atoms with E-state index in [0.29, 0.717) is 44.1 Å². The fourth-order valence-corrected chi connectivity index (χ4v) is 10.4. The molecule has 4 N–H and O–H groups in total. The van der Waals surface area contributed by atoms with Gasteiger partial charge in [0, 0.05) is 66.2 Å². The number of amides is 3. The molecule has 2 aromatic heterocycles. The van der Waals surface area contributed by atoms with Crippen molar-refractivity contribution in [2.24, 2.45) is 17.6 Å². The van der Waals surface area contributed by atoms with Crippen LogP contribution in [-0.4, -0.2) is 77.0 Å². The molecule has 0 bridgehead atoms. The number of aromatic nitrogens is 2. The Bertz CT molecular complexity index is 3100. The molecule has 80 heavy (non-hydrogen) atoms. The van der Waals surface area contributed by atoms with Crippen molar-refractivity contribution >= 4 is 47.0 Å². The third kappa shape index (κ3) is 16.1. The van der Waals surface area contributed by atoms with Crippen LogP contribution in [0.4, 0.5) is 11.4 Å². The van der Waals surface area contributed by atoms with Gasteiger partial charge >= 0.3 is 17.9 Å². The van der Waals surface area contributed by atoms with Gasteiger partial charge in [-0.3, -0.25) is 43.7 Å². The molecule has 0 saturated heterocycles. The summed E-state index contributed by atoms with van der Waals surface area (Å²) in [5.41, 5.74) is 20.0. The van der Waals surface area contributed by atoms with Crippen molar-refractivity contribution < 1.29 is 43.3 Å². The minimum atomic E-state index is -0.932. The predicted molar refractivity (Wildman–Crippen MR) is 315 cm³/mol. The standard InChI is InChI=1S/C32H37N3O4.C17H20N2O2.C15H19NO3.CH4/c1-20(2)15-28(35-27-12-7-6-11-23(27)13-14-29(35)36)32(38)34-26(17-30(37)39-5)24-16-25(19-33-18-24)31-21(3)9-8-10-22(31)4;1-11-5-4-6-12(2)17(11)14-7-13(9-19-10-14)15(18)8-16(20)21-3;1-10(2)9-13(15(18)19)16-12-6-4-3-5-11(12)7-8-14(16)17;/h6-12,16,18-20,26,28H,13-15,17H2,1-5H3,(H,34,38);4-7,9-10,15H,8,18H2,1-3H3;3-6,10,13H,7-9H2,1-2H3,(H,18,19);1H4/t26-,28?;15-;;/m00../s1. The zero-order chi connectivity index (χ0) is 57.5. The van der Waals surface area contributed by atoms with Crippen molar-refractivity contribution in [2.45, 2.75) is 138 Å². The number of esters is 2. The minimum Gasteiger partial charge on any atom is -0.480 e. The summed E-state index contributed by atoms with van der Waals surface area (Å²) < 4.78 is 9.62. The number of aliphatic carboxylic acids is 1. The lowest BCUT2D eigenvalue weighted by atomic mass is 9.93. The van der Waals surface area contributed by atoms with Crippen LogP contribution in [0.1, 0.15) is 130 Å². The van der Waals surface area contributed by atoms with Gasteiger partial charge in [0.1, 0.15) is 12.1 Å². The van der Waals surface area contributed by atoms with Gasteiger partial charge in [0.2, 0.25) is 17.7 Å². The molecule has 0 aliphatic carbocycles. The second-order valence-corrected chi connectivity index (χ2v) is 21.2. The molecule has 15 nitrogen and oxygen atoms in total. The summed E-state index contributed by atoms with van der Waals surface area (Å²) in [7, 11) is 2.69. The third-order valence-corrected chi connectivity index (χ3v) is 14.3. The van der Waals surface area contributed by atoms with Crippen molar-refractivity contribution in [2.75, 3.05) is 24.0 Å². The number of nitrogens with zero attached hydrogens (tertiary/aromatic N) is 4. The predicted octanol–water partition coefficient (Wildman–Crippen LogP) is 11.5. The molecule has 0 radical (unpaired) electrons. The zero-order valence-corrected chi connectivity index (χ0v) is 47.2. The van der Waals surface area contributed by atoms with E-state index in [4.69, 9.17) is 10.5 Å². The van der Waals surface area contributed by atoms with Gasteiger partial charge in [0.05, 0.1) is 33.1 Å². The topological polar surface area (TPSA) is 211 Å². The van der Waals surface area contributed by atoms with Crippen LogP contribution < -0.4 is 20.9 Å². The van der Waals surface area contributed by atoms with Crippen LogP contribution in [0.5, 0.6) is 0 Å². The normalized spacial score (nSPS) is 14.1. The number of pyridine rings is 2. The van der Waals surface area contributed by atoms with Gasteiger partial charge in [0.25, 0.3) is 0 Å². The Kier molecular flexibility index (Phi) is 23.0. The summed E-state index contributed by atoms with van der Waals surface area (Å²) >= 11 is 0. The number of nitrogens with one attached hydrogen (secondary N) is 1. The molecular formula is C65H80N6O9. The van der Waals surface area contributed by atoms with Gasteiger partial charge in [-0.15, -0.1) is 0 Å². The van der Waals surface area contributed by atoms with Gasteiger partial charge in [-0.05, 0) is 145 Å². The number of carbonyl (C=O) groups is 6. The van der Waals surface area contributed by atoms with Gasteiger partial charge in [0.15, 0.2) is 0 Å². The van der Waals surface area contributed by atoms with E-state index in [1.165, 1.54) is 30.2 Å². The van der Waals surface area contributed by atoms with Gasteiger partial charge in [-0.1, -0.05) is 108 Å². The van der Waals surface area contributed by atoms with E-state index in [2.05, 4.69) is 46.0 Å². The number of methoxy groups -OCH3 is 2. The molecule has 0 spiro atoms. The second kappa shape index (κ2) is 29.3. The average molecular weight is 1090 g/mol. The van der Waals surface area contributed by atoms with E-state index in [9.17, 15) is 33.9 Å². The minimum absolute atomic E-state index is 0. The van der Waals surface area contributed by atoms with Crippen molar-refractivity contribution in [1.29, 1.82) is 0 Å². The quantitative estimate of drug-likeness (QED) is 0.0728. The summed E-state index contributed by atoms with van der Waals surface area (Å²) in [6.07, 6.45) is 10.1. The number of ether oxygens (including phenoxy) is 2. The highest BCUT2D eigenvalue weighted by Gasteiger charge is 2.37. The van der Waals surface area contributed by atoms with Crippen LogP contribution in [0.2, 0.25) is 0 Å². The van der Waals surface area contributed by atoms with E-state index in [0.717, 1.165) is 61.4 Å². The van der Waals surface area contributed by atoms with E-state index < -0.39 is 36.1 Å². The summed E-state index contributed by atoms with van der Waals surface area (Å²) in [6, 6.07) is 29.0. The molecule has 15 heteroatoms. The summed E-state index contributed by atoms with van der Waals surface area (Å²) in [6.45, 7) is 16.2. The fraction of sp³-hybridized carbons (Fsp3) is 0.385. The maximum absolute atomic E-state index is 14.0. The lowest BCUT2D eigenvalue weighted by Crippen LogP contribution is -2.52. The number of nitrogens with two attached hydrogens (primary N) is 1.